The van der Waals surface area contributed by atoms with Gasteiger partial charge in [0.25, 0.3) is 0 Å². The second-order valence-electron chi connectivity index (χ2n) is 4.45. The number of hydrogen-bond acceptors (Lipinski definition) is 3. The Bertz CT molecular complexity index is 621. The molecule has 0 aliphatic rings. The Balaban J connectivity index is 2.04. The van der Waals surface area contributed by atoms with Crippen LogP contribution < -0.4 is 4.74 Å². The van der Waals surface area contributed by atoms with Crippen LogP contribution in [0, 0.1) is 11.3 Å². The molecule has 0 aliphatic heterocycles. The van der Waals surface area contributed by atoms with E-state index in [0.717, 1.165) is 23.8 Å². The highest BCUT2D eigenvalue weighted by Gasteiger charge is 2.40. The molecule has 0 saturated carbocycles. The first-order chi connectivity index (χ1) is 10.0. The molecule has 1 N–H and O–H groups in total. The van der Waals surface area contributed by atoms with Gasteiger partial charge in [-0.15, -0.1) is 0 Å². The predicted molar refractivity (Wildman–Crippen MR) is 72.7 cm³/mol. The number of ether oxygens (including phenoxy) is 1. The zero-order valence-electron chi connectivity index (χ0n) is 11.0. The molecule has 0 heterocycles. The van der Waals surface area contributed by atoms with Crippen molar-refractivity contribution in [2.45, 2.75) is 18.6 Å². The van der Waals surface area contributed by atoms with Crippen molar-refractivity contribution in [1.29, 1.82) is 5.26 Å². The Morgan fingerprint density at radius 3 is 2.29 bits per heavy atom. The standard InChI is InChI=1S/C16H13F2NO2/c17-16(18,15(20)10-19)13-6-8-14(9-7-13)21-11-12-4-2-1-3-5-12/h1-9,15,20H,11H2. The van der Waals surface area contributed by atoms with Gasteiger partial charge in [0.1, 0.15) is 18.4 Å². The molecule has 21 heavy (non-hydrogen) atoms. The van der Waals surface area contributed by atoms with Crippen molar-refractivity contribution in [3.63, 3.8) is 0 Å². The molecule has 0 fully saturated rings. The molecule has 5 heteroatoms. The van der Waals surface area contributed by atoms with E-state index in [1.54, 1.807) is 0 Å². The van der Waals surface area contributed by atoms with Gasteiger partial charge in [0, 0.05) is 5.56 Å². The van der Waals surface area contributed by atoms with Gasteiger partial charge in [-0.25, -0.2) is 0 Å². The first-order valence-electron chi connectivity index (χ1n) is 6.27. The van der Waals surface area contributed by atoms with Gasteiger partial charge >= 0.3 is 5.92 Å². The van der Waals surface area contributed by atoms with Gasteiger partial charge in [0.2, 0.25) is 6.10 Å². The zero-order chi connectivity index (χ0) is 15.3. The number of aliphatic hydroxyl groups excluding tert-OH is 1. The molecule has 1 atom stereocenters. The van der Waals surface area contributed by atoms with Crippen molar-refractivity contribution in [2.75, 3.05) is 0 Å². The number of nitrogens with zero attached hydrogens (tertiary/aromatic N) is 1. The van der Waals surface area contributed by atoms with Crippen LogP contribution in [0.1, 0.15) is 11.1 Å². The minimum absolute atomic E-state index is 0.331. The Morgan fingerprint density at radius 2 is 1.71 bits per heavy atom. The molecule has 0 aromatic heterocycles. The van der Waals surface area contributed by atoms with Gasteiger partial charge in [-0.2, -0.15) is 14.0 Å². The SMILES string of the molecule is N#CC(O)C(F)(F)c1ccc(OCc2ccccc2)cc1. The van der Waals surface area contributed by atoms with Crippen LogP contribution in [0.4, 0.5) is 8.78 Å². The second-order valence-corrected chi connectivity index (χ2v) is 4.45. The van der Waals surface area contributed by atoms with Gasteiger partial charge in [-0.1, -0.05) is 30.3 Å². The third kappa shape index (κ3) is 3.56. The van der Waals surface area contributed by atoms with Crippen LogP contribution in [-0.2, 0) is 12.5 Å². The topological polar surface area (TPSA) is 53.2 Å². The van der Waals surface area contributed by atoms with Gasteiger partial charge in [0.05, 0.1) is 0 Å². The third-order valence-corrected chi connectivity index (χ3v) is 2.95. The summed E-state index contributed by atoms with van der Waals surface area (Å²) in [5.74, 6) is -3.17. The van der Waals surface area contributed by atoms with Crippen LogP contribution in [0.5, 0.6) is 5.75 Å². The van der Waals surface area contributed by atoms with Crippen LogP contribution in [0.3, 0.4) is 0 Å². The average molecular weight is 289 g/mol. The molecule has 0 saturated heterocycles. The molecule has 0 amide bonds. The fourth-order valence-corrected chi connectivity index (χ4v) is 1.75. The lowest BCUT2D eigenvalue weighted by atomic mass is 10.0. The maximum atomic E-state index is 13.6. The molecular weight excluding hydrogens is 276 g/mol. The molecule has 0 aliphatic carbocycles. The first-order valence-corrected chi connectivity index (χ1v) is 6.27. The molecule has 2 aromatic rings. The van der Waals surface area contributed by atoms with Crippen molar-refractivity contribution < 1.29 is 18.6 Å². The minimum Gasteiger partial charge on any atom is -0.489 e. The second kappa shape index (κ2) is 6.33. The molecular formula is C16H13F2NO2. The smallest absolute Gasteiger partial charge is 0.311 e. The van der Waals surface area contributed by atoms with E-state index in [0.29, 0.717) is 12.4 Å². The van der Waals surface area contributed by atoms with E-state index in [1.807, 2.05) is 30.3 Å². The van der Waals surface area contributed by atoms with Crippen LogP contribution in [0.2, 0.25) is 0 Å². The van der Waals surface area contributed by atoms with E-state index in [-0.39, 0.29) is 0 Å². The van der Waals surface area contributed by atoms with E-state index < -0.39 is 17.6 Å². The molecule has 108 valence electrons. The van der Waals surface area contributed by atoms with E-state index in [4.69, 9.17) is 15.1 Å². The van der Waals surface area contributed by atoms with E-state index >= 15 is 0 Å². The average Bonchev–Trinajstić information content (AvgIpc) is 2.53. The number of nitriles is 1. The summed E-state index contributed by atoms with van der Waals surface area (Å²) in [6.07, 6.45) is -2.37. The summed E-state index contributed by atoms with van der Waals surface area (Å²) in [4.78, 5) is 0. The Kier molecular flexibility index (Phi) is 4.51. The van der Waals surface area contributed by atoms with E-state index in [2.05, 4.69) is 0 Å². The molecule has 2 aromatic carbocycles. The number of rotatable bonds is 5. The first kappa shape index (κ1) is 14.9. The highest BCUT2D eigenvalue weighted by Crippen LogP contribution is 2.32. The van der Waals surface area contributed by atoms with Gasteiger partial charge < -0.3 is 9.84 Å². The molecule has 0 radical (unpaired) electrons. The van der Waals surface area contributed by atoms with Crippen LogP contribution in [0.25, 0.3) is 0 Å². The lowest BCUT2D eigenvalue weighted by Crippen LogP contribution is -2.29. The summed E-state index contributed by atoms with van der Waals surface area (Å²) in [5, 5.41) is 17.4. The van der Waals surface area contributed by atoms with Crippen molar-refractivity contribution in [1.82, 2.24) is 0 Å². The van der Waals surface area contributed by atoms with Crippen LogP contribution in [0.15, 0.2) is 54.6 Å². The fraction of sp³-hybridized carbons (Fsp3) is 0.188. The minimum atomic E-state index is -3.60. The highest BCUT2D eigenvalue weighted by molar-refractivity contribution is 5.31. The lowest BCUT2D eigenvalue weighted by Gasteiger charge is -2.18. The molecule has 2 rings (SSSR count). The van der Waals surface area contributed by atoms with Crippen LogP contribution in [-0.4, -0.2) is 11.2 Å². The quantitative estimate of drug-likeness (QED) is 0.860. The highest BCUT2D eigenvalue weighted by atomic mass is 19.3. The van der Waals surface area contributed by atoms with Crippen molar-refractivity contribution in [3.8, 4) is 11.8 Å². The monoisotopic (exact) mass is 289 g/mol. The summed E-state index contributed by atoms with van der Waals surface area (Å²) in [7, 11) is 0. The fourth-order valence-electron chi connectivity index (χ4n) is 1.75. The number of hydrogen-bond donors (Lipinski definition) is 1. The van der Waals surface area contributed by atoms with Gasteiger partial charge in [-0.3, -0.25) is 0 Å². The molecule has 3 nitrogen and oxygen atoms in total. The normalized spacial score (nSPS) is 12.5. The maximum absolute atomic E-state index is 13.6. The Hall–Kier alpha value is -2.45. The summed E-state index contributed by atoms with van der Waals surface area (Å²) < 4.78 is 32.7. The number of aliphatic hydroxyl groups is 1. The van der Waals surface area contributed by atoms with Gasteiger partial charge in [0.15, 0.2) is 0 Å². The summed E-state index contributed by atoms with van der Waals surface area (Å²) in [6.45, 7) is 0.331. The van der Waals surface area contributed by atoms with Crippen molar-refractivity contribution >= 4 is 0 Å². The zero-order valence-corrected chi connectivity index (χ0v) is 11.0. The number of benzene rings is 2. The summed E-state index contributed by atoms with van der Waals surface area (Å²) in [5.41, 5.74) is 0.537. The third-order valence-electron chi connectivity index (χ3n) is 2.95. The Labute approximate surface area is 121 Å². The number of halogens is 2. The predicted octanol–water partition coefficient (Wildman–Crippen LogP) is 3.24. The molecule has 0 spiro atoms. The largest absolute Gasteiger partial charge is 0.489 e. The maximum Gasteiger partial charge on any atom is 0.311 e. The summed E-state index contributed by atoms with van der Waals surface area (Å²) >= 11 is 0. The Morgan fingerprint density at radius 1 is 1.10 bits per heavy atom. The molecule has 1 unspecified atom stereocenters. The molecule has 0 bridgehead atoms. The van der Waals surface area contributed by atoms with E-state index in [9.17, 15) is 8.78 Å². The lowest BCUT2D eigenvalue weighted by molar-refractivity contribution is -0.0893. The van der Waals surface area contributed by atoms with E-state index in [1.165, 1.54) is 12.1 Å². The van der Waals surface area contributed by atoms with Gasteiger partial charge in [-0.05, 0) is 29.8 Å². The van der Waals surface area contributed by atoms with Crippen molar-refractivity contribution in [3.05, 3.63) is 65.7 Å². The van der Waals surface area contributed by atoms with Crippen molar-refractivity contribution in [2.24, 2.45) is 0 Å². The summed E-state index contributed by atoms with van der Waals surface area (Å²) in [6, 6.07) is 15.6. The van der Waals surface area contributed by atoms with Crippen LogP contribution >= 0.6 is 0 Å². The number of alkyl halides is 2.